The summed E-state index contributed by atoms with van der Waals surface area (Å²) in [6, 6.07) is 5.33. The van der Waals surface area contributed by atoms with Crippen LogP contribution in [0.25, 0.3) is 0 Å². The average Bonchev–Trinajstić information content (AvgIpc) is 2.15. The number of hydrogen-bond donors (Lipinski definition) is 1. The zero-order chi connectivity index (χ0) is 10.7. The molecule has 4 heteroatoms. The fourth-order valence-electron chi connectivity index (χ4n) is 1.17. The van der Waals surface area contributed by atoms with Crippen molar-refractivity contribution in [3.8, 4) is 6.07 Å². The number of hydrogen-bond acceptors (Lipinski definition) is 2. The average molecular weight is 301 g/mol. The quantitative estimate of drug-likeness (QED) is 0.853. The van der Waals surface area contributed by atoms with Crippen LogP contribution in [-0.2, 0) is 6.42 Å². The number of nitrogens with zero attached hydrogens (tertiary/aromatic N) is 1. The molecule has 0 amide bonds. The first-order valence-electron chi connectivity index (χ1n) is 4.06. The number of halogens is 1. The van der Waals surface area contributed by atoms with Gasteiger partial charge in [0.05, 0.1) is 11.1 Å². The lowest BCUT2D eigenvalue weighted by Gasteiger charge is -2.04. The molecule has 0 heterocycles. The molecule has 0 saturated heterocycles. The van der Waals surface area contributed by atoms with Crippen molar-refractivity contribution in [2.24, 2.45) is 0 Å². The Kier molecular flexibility index (Phi) is 3.47. The fourth-order valence-corrected chi connectivity index (χ4v) is 2.09. The number of rotatable bonds is 2. The monoisotopic (exact) mass is 301 g/mol. The van der Waals surface area contributed by atoms with Gasteiger partial charge in [-0.3, -0.25) is 0 Å². The highest BCUT2D eigenvalue weighted by molar-refractivity contribution is 14.1. The van der Waals surface area contributed by atoms with Crippen LogP contribution in [-0.4, -0.2) is 11.1 Å². The van der Waals surface area contributed by atoms with Crippen LogP contribution in [0.15, 0.2) is 12.1 Å². The van der Waals surface area contributed by atoms with Crippen molar-refractivity contribution in [2.45, 2.75) is 13.3 Å². The summed E-state index contributed by atoms with van der Waals surface area (Å²) in [4.78, 5) is 10.8. The van der Waals surface area contributed by atoms with Crippen LogP contribution in [0.2, 0.25) is 0 Å². The SMILES string of the molecule is CCc1cc(I)c(C(=O)O)c(C#N)c1. The Morgan fingerprint density at radius 2 is 2.29 bits per heavy atom. The molecule has 0 saturated carbocycles. The van der Waals surface area contributed by atoms with Crippen LogP contribution < -0.4 is 0 Å². The standard InChI is InChI=1S/C10H8INO2/c1-2-6-3-7(5-12)9(10(13)14)8(11)4-6/h3-4H,2H2,1H3,(H,13,14). The number of benzene rings is 1. The molecule has 0 aliphatic rings. The van der Waals surface area contributed by atoms with E-state index in [-0.39, 0.29) is 11.1 Å². The molecule has 0 unspecified atom stereocenters. The zero-order valence-electron chi connectivity index (χ0n) is 7.54. The molecule has 3 nitrogen and oxygen atoms in total. The number of carboxylic acid groups (broad SMARTS) is 1. The minimum absolute atomic E-state index is 0.102. The molecule has 1 N–H and O–H groups in total. The van der Waals surface area contributed by atoms with Crippen molar-refractivity contribution in [3.05, 3.63) is 32.4 Å². The van der Waals surface area contributed by atoms with Crippen molar-refractivity contribution >= 4 is 28.6 Å². The first-order chi connectivity index (χ1) is 6.60. The van der Waals surface area contributed by atoms with Gasteiger partial charge in [-0.05, 0) is 46.7 Å². The molecule has 0 bridgehead atoms. The van der Waals surface area contributed by atoms with Crippen molar-refractivity contribution < 1.29 is 9.90 Å². The Hall–Kier alpha value is -1.09. The number of aromatic carboxylic acids is 1. The predicted octanol–water partition coefficient (Wildman–Crippen LogP) is 2.42. The third-order valence-corrected chi connectivity index (χ3v) is 2.74. The molecular weight excluding hydrogens is 293 g/mol. The van der Waals surface area contributed by atoms with Gasteiger partial charge in [0.25, 0.3) is 0 Å². The lowest BCUT2D eigenvalue weighted by molar-refractivity contribution is 0.0695. The minimum atomic E-state index is -1.05. The van der Waals surface area contributed by atoms with Crippen LogP contribution in [0.5, 0.6) is 0 Å². The second kappa shape index (κ2) is 4.42. The van der Waals surface area contributed by atoms with Gasteiger partial charge in [0.15, 0.2) is 0 Å². The zero-order valence-corrected chi connectivity index (χ0v) is 9.70. The molecular formula is C10H8INO2. The summed E-state index contributed by atoms with van der Waals surface area (Å²) in [6.07, 6.45) is 0.796. The van der Waals surface area contributed by atoms with Gasteiger partial charge < -0.3 is 5.11 Å². The number of carbonyl (C=O) groups is 1. The second-order valence-corrected chi connectivity index (χ2v) is 3.93. The molecule has 1 aromatic rings. The molecule has 0 aliphatic heterocycles. The maximum Gasteiger partial charge on any atom is 0.338 e. The summed E-state index contributed by atoms with van der Waals surface area (Å²) < 4.78 is 0.617. The normalized spacial score (nSPS) is 9.50. The summed E-state index contributed by atoms with van der Waals surface area (Å²) in [5.41, 5.74) is 1.32. The van der Waals surface area contributed by atoms with Gasteiger partial charge in [-0.15, -0.1) is 0 Å². The number of nitriles is 1. The maximum atomic E-state index is 10.8. The molecule has 1 rings (SSSR count). The molecule has 0 spiro atoms. The highest BCUT2D eigenvalue weighted by Crippen LogP contribution is 2.19. The smallest absolute Gasteiger partial charge is 0.338 e. The lowest BCUT2D eigenvalue weighted by atomic mass is 10.0. The van der Waals surface area contributed by atoms with Crippen LogP contribution in [0.3, 0.4) is 0 Å². The molecule has 0 aliphatic carbocycles. The third-order valence-electron chi connectivity index (χ3n) is 1.89. The van der Waals surface area contributed by atoms with Crippen LogP contribution in [0.1, 0.15) is 28.4 Å². The van der Waals surface area contributed by atoms with E-state index in [1.165, 1.54) is 0 Å². The van der Waals surface area contributed by atoms with Crippen molar-refractivity contribution in [3.63, 3.8) is 0 Å². The van der Waals surface area contributed by atoms with Gasteiger partial charge in [0.1, 0.15) is 6.07 Å². The van der Waals surface area contributed by atoms with Crippen molar-refractivity contribution in [1.82, 2.24) is 0 Å². The molecule has 14 heavy (non-hydrogen) atoms. The highest BCUT2D eigenvalue weighted by Gasteiger charge is 2.14. The first kappa shape index (κ1) is 11.0. The van der Waals surface area contributed by atoms with E-state index in [0.717, 1.165) is 12.0 Å². The Bertz CT molecular complexity index is 421. The van der Waals surface area contributed by atoms with Crippen molar-refractivity contribution in [1.29, 1.82) is 5.26 Å². The Morgan fingerprint density at radius 1 is 1.64 bits per heavy atom. The predicted molar refractivity (Wildman–Crippen MR) is 60.2 cm³/mol. The van der Waals surface area contributed by atoms with E-state index >= 15 is 0 Å². The number of carboxylic acids is 1. The van der Waals surface area contributed by atoms with Crippen LogP contribution >= 0.6 is 22.6 Å². The van der Waals surface area contributed by atoms with Gasteiger partial charge in [0, 0.05) is 3.57 Å². The van der Waals surface area contributed by atoms with E-state index < -0.39 is 5.97 Å². The topological polar surface area (TPSA) is 61.1 Å². The summed E-state index contributed by atoms with van der Waals surface area (Å²) in [6.45, 7) is 1.97. The number of aryl methyl sites for hydroxylation is 1. The van der Waals surface area contributed by atoms with E-state index in [4.69, 9.17) is 10.4 Å². The van der Waals surface area contributed by atoms with Crippen molar-refractivity contribution in [2.75, 3.05) is 0 Å². The summed E-state index contributed by atoms with van der Waals surface area (Å²) in [5, 5.41) is 17.7. The van der Waals surface area contributed by atoms with Gasteiger partial charge in [0.2, 0.25) is 0 Å². The highest BCUT2D eigenvalue weighted by atomic mass is 127. The van der Waals surface area contributed by atoms with Crippen LogP contribution in [0, 0.1) is 14.9 Å². The molecule has 72 valence electrons. The maximum absolute atomic E-state index is 10.8. The minimum Gasteiger partial charge on any atom is -0.478 e. The Labute approximate surface area is 95.5 Å². The second-order valence-electron chi connectivity index (χ2n) is 2.77. The molecule has 0 fully saturated rings. The summed E-state index contributed by atoms with van der Waals surface area (Å²) >= 11 is 1.94. The Morgan fingerprint density at radius 3 is 2.71 bits per heavy atom. The van der Waals surface area contributed by atoms with E-state index in [1.807, 2.05) is 35.6 Å². The van der Waals surface area contributed by atoms with E-state index in [0.29, 0.717) is 3.57 Å². The molecule has 0 radical (unpaired) electrons. The van der Waals surface area contributed by atoms with Gasteiger partial charge >= 0.3 is 5.97 Å². The summed E-state index contributed by atoms with van der Waals surface area (Å²) in [5.74, 6) is -1.05. The fraction of sp³-hybridized carbons (Fsp3) is 0.200. The lowest BCUT2D eigenvalue weighted by Crippen LogP contribution is -2.04. The molecule has 0 atom stereocenters. The Balaban J connectivity index is 3.44. The third kappa shape index (κ3) is 2.04. The molecule has 0 aromatic heterocycles. The van der Waals surface area contributed by atoms with E-state index in [1.54, 1.807) is 12.1 Å². The first-order valence-corrected chi connectivity index (χ1v) is 5.13. The van der Waals surface area contributed by atoms with E-state index in [9.17, 15) is 4.79 Å². The largest absolute Gasteiger partial charge is 0.478 e. The van der Waals surface area contributed by atoms with E-state index in [2.05, 4.69) is 0 Å². The molecule has 1 aromatic carbocycles. The summed E-state index contributed by atoms with van der Waals surface area (Å²) in [7, 11) is 0. The van der Waals surface area contributed by atoms with Gasteiger partial charge in [-0.1, -0.05) is 6.92 Å². The van der Waals surface area contributed by atoms with Gasteiger partial charge in [-0.2, -0.15) is 5.26 Å². The van der Waals surface area contributed by atoms with Crippen LogP contribution in [0.4, 0.5) is 0 Å². The van der Waals surface area contributed by atoms with Gasteiger partial charge in [-0.25, -0.2) is 4.79 Å².